The molecule has 4 nitrogen and oxygen atoms in total. The molecule has 1 fully saturated rings. The van der Waals surface area contributed by atoms with Crippen LogP contribution in [0, 0.1) is 12.3 Å². The number of nitrogens with zero attached hydrogens (tertiary/aromatic N) is 2. The van der Waals surface area contributed by atoms with Crippen molar-refractivity contribution in [2.45, 2.75) is 52.7 Å². The van der Waals surface area contributed by atoms with Gasteiger partial charge in [0.2, 0.25) is 0 Å². The van der Waals surface area contributed by atoms with Crippen molar-refractivity contribution in [1.82, 2.24) is 9.80 Å². The zero-order chi connectivity index (χ0) is 25.2. The number of piperazine rings is 1. The van der Waals surface area contributed by atoms with Crippen LogP contribution in [0.15, 0.2) is 78.9 Å². The Kier molecular flexibility index (Phi) is 7.44. The fourth-order valence-corrected chi connectivity index (χ4v) is 5.62. The van der Waals surface area contributed by atoms with Crippen molar-refractivity contribution in [3.63, 3.8) is 0 Å². The first-order valence-corrected chi connectivity index (χ1v) is 12.6. The number of aliphatic carboxylic acids is 1. The lowest BCUT2D eigenvalue weighted by Gasteiger charge is -2.48. The third-order valence-electron chi connectivity index (χ3n) is 7.26. The van der Waals surface area contributed by atoms with Crippen LogP contribution in [0.2, 0.25) is 0 Å². The van der Waals surface area contributed by atoms with Gasteiger partial charge in [-0.05, 0) is 47.1 Å². The van der Waals surface area contributed by atoms with Gasteiger partial charge in [-0.1, -0.05) is 99.6 Å². The molecular formula is C31H38N2O2. The molecule has 1 aliphatic heterocycles. The average Bonchev–Trinajstić information content (AvgIpc) is 2.81. The molecule has 1 unspecified atom stereocenters. The van der Waals surface area contributed by atoms with E-state index < -0.39 is 12.0 Å². The molecule has 0 spiro atoms. The van der Waals surface area contributed by atoms with Crippen LogP contribution in [-0.4, -0.2) is 52.6 Å². The zero-order valence-electron chi connectivity index (χ0n) is 21.6. The van der Waals surface area contributed by atoms with E-state index in [4.69, 9.17) is 0 Å². The largest absolute Gasteiger partial charge is 0.480 e. The molecule has 0 bridgehead atoms. The van der Waals surface area contributed by atoms with Gasteiger partial charge in [-0.15, -0.1) is 0 Å². The second kappa shape index (κ2) is 10.3. The molecule has 35 heavy (non-hydrogen) atoms. The molecule has 0 saturated carbocycles. The number of rotatable bonds is 6. The second-order valence-electron chi connectivity index (χ2n) is 10.9. The summed E-state index contributed by atoms with van der Waals surface area (Å²) in [6.45, 7) is 12.8. The van der Waals surface area contributed by atoms with Crippen molar-refractivity contribution < 1.29 is 9.90 Å². The Hall–Kier alpha value is -2.95. The summed E-state index contributed by atoms with van der Waals surface area (Å²) in [6, 6.07) is 27.9. The highest BCUT2D eigenvalue weighted by molar-refractivity contribution is 5.74. The van der Waals surface area contributed by atoms with Gasteiger partial charge in [0.15, 0.2) is 0 Å². The van der Waals surface area contributed by atoms with Gasteiger partial charge >= 0.3 is 5.97 Å². The summed E-state index contributed by atoms with van der Waals surface area (Å²) in [5, 5.41) is 9.99. The summed E-state index contributed by atoms with van der Waals surface area (Å²) in [6.07, 6.45) is 0. The van der Waals surface area contributed by atoms with Gasteiger partial charge in [0.1, 0.15) is 6.04 Å². The minimum atomic E-state index is -0.732. The number of benzene rings is 3. The van der Waals surface area contributed by atoms with Crippen LogP contribution in [0.3, 0.4) is 0 Å². The number of aryl methyl sites for hydroxylation is 1. The molecule has 1 aliphatic rings. The molecule has 4 rings (SSSR count). The number of carboxylic acid groups (broad SMARTS) is 1. The maximum atomic E-state index is 12.2. The van der Waals surface area contributed by atoms with E-state index in [-0.39, 0.29) is 17.5 Å². The van der Waals surface area contributed by atoms with Gasteiger partial charge < -0.3 is 5.11 Å². The molecule has 4 heteroatoms. The van der Waals surface area contributed by atoms with E-state index >= 15 is 0 Å². The zero-order valence-corrected chi connectivity index (χ0v) is 21.6. The fraction of sp³-hybridized carbons (Fsp3) is 0.387. The molecule has 184 valence electrons. The average molecular weight is 471 g/mol. The Balaban J connectivity index is 1.63. The Morgan fingerprint density at radius 3 is 2.06 bits per heavy atom. The quantitative estimate of drug-likeness (QED) is 0.462. The minimum Gasteiger partial charge on any atom is -0.480 e. The van der Waals surface area contributed by atoms with Gasteiger partial charge in [-0.3, -0.25) is 14.6 Å². The molecule has 0 aliphatic carbocycles. The topological polar surface area (TPSA) is 43.8 Å². The smallest absolute Gasteiger partial charge is 0.321 e. The molecule has 3 aromatic rings. The summed E-state index contributed by atoms with van der Waals surface area (Å²) >= 11 is 0. The van der Waals surface area contributed by atoms with Crippen molar-refractivity contribution in [1.29, 1.82) is 0 Å². The van der Waals surface area contributed by atoms with E-state index in [1.54, 1.807) is 0 Å². The summed E-state index contributed by atoms with van der Waals surface area (Å²) in [5.41, 5.74) is 5.97. The highest BCUT2D eigenvalue weighted by Gasteiger charge is 2.41. The normalized spacial score (nSPS) is 19.3. The summed E-state index contributed by atoms with van der Waals surface area (Å²) < 4.78 is 0. The summed E-state index contributed by atoms with van der Waals surface area (Å²) in [7, 11) is 0. The van der Waals surface area contributed by atoms with Crippen molar-refractivity contribution in [2.75, 3.05) is 19.6 Å². The molecule has 3 aromatic carbocycles. The lowest BCUT2D eigenvalue weighted by Crippen LogP contribution is -2.61. The van der Waals surface area contributed by atoms with Gasteiger partial charge in [-0.2, -0.15) is 0 Å². The van der Waals surface area contributed by atoms with Gasteiger partial charge in [-0.25, -0.2) is 0 Å². The summed E-state index contributed by atoms with van der Waals surface area (Å²) in [4.78, 5) is 16.9. The van der Waals surface area contributed by atoms with Crippen molar-refractivity contribution >= 4 is 5.97 Å². The molecule has 0 radical (unpaired) electrons. The first-order valence-electron chi connectivity index (χ1n) is 12.6. The van der Waals surface area contributed by atoms with Crippen molar-refractivity contribution in [2.24, 2.45) is 5.41 Å². The van der Waals surface area contributed by atoms with Crippen LogP contribution in [0.5, 0.6) is 0 Å². The van der Waals surface area contributed by atoms with Crippen LogP contribution in [0.4, 0.5) is 0 Å². The first kappa shape index (κ1) is 25.2. The highest BCUT2D eigenvalue weighted by atomic mass is 16.4. The van der Waals surface area contributed by atoms with E-state index in [2.05, 4.69) is 103 Å². The lowest BCUT2D eigenvalue weighted by molar-refractivity contribution is -0.150. The van der Waals surface area contributed by atoms with E-state index in [1.165, 1.54) is 27.8 Å². The molecule has 1 N–H and O–H groups in total. The first-order chi connectivity index (χ1) is 16.7. The Labute approximate surface area is 210 Å². The molecule has 3 atom stereocenters. The predicted molar refractivity (Wildman–Crippen MR) is 144 cm³/mol. The van der Waals surface area contributed by atoms with E-state index in [0.29, 0.717) is 0 Å². The highest BCUT2D eigenvalue weighted by Crippen LogP contribution is 2.35. The fourth-order valence-electron chi connectivity index (χ4n) is 5.62. The van der Waals surface area contributed by atoms with Crippen molar-refractivity contribution in [3.05, 3.63) is 95.6 Å². The van der Waals surface area contributed by atoms with Crippen LogP contribution in [0.25, 0.3) is 11.1 Å². The van der Waals surface area contributed by atoms with E-state index in [1.807, 2.05) is 20.8 Å². The lowest BCUT2D eigenvalue weighted by atomic mass is 9.84. The van der Waals surface area contributed by atoms with Gasteiger partial charge in [0, 0.05) is 25.7 Å². The third kappa shape index (κ3) is 5.50. The Morgan fingerprint density at radius 1 is 0.886 bits per heavy atom. The third-order valence-corrected chi connectivity index (χ3v) is 7.26. The Morgan fingerprint density at radius 2 is 1.49 bits per heavy atom. The minimum absolute atomic E-state index is 0.129. The summed E-state index contributed by atoms with van der Waals surface area (Å²) in [5.74, 6) is -0.732. The number of carboxylic acids is 1. The number of carbonyl (C=O) groups is 1. The van der Waals surface area contributed by atoms with Gasteiger partial charge in [0.05, 0.1) is 6.04 Å². The van der Waals surface area contributed by atoms with Crippen LogP contribution in [-0.2, 0) is 4.79 Å². The van der Waals surface area contributed by atoms with Crippen LogP contribution < -0.4 is 0 Å². The van der Waals surface area contributed by atoms with Crippen LogP contribution in [0.1, 0.15) is 50.4 Å². The predicted octanol–water partition coefficient (Wildman–Crippen LogP) is 6.26. The molecule has 0 aromatic heterocycles. The SMILES string of the molecule is Cc1ccccc1-c1ccc([C@@H](c2ccccc2)N2CCN(C(C(=O)O)C(C)(C)C)[C@H](C)C2)cc1. The van der Waals surface area contributed by atoms with Gasteiger partial charge in [0.25, 0.3) is 0 Å². The second-order valence-corrected chi connectivity index (χ2v) is 10.9. The molecule has 0 amide bonds. The monoisotopic (exact) mass is 470 g/mol. The maximum Gasteiger partial charge on any atom is 0.321 e. The van der Waals surface area contributed by atoms with Crippen molar-refractivity contribution in [3.8, 4) is 11.1 Å². The van der Waals surface area contributed by atoms with E-state index in [9.17, 15) is 9.90 Å². The van der Waals surface area contributed by atoms with E-state index in [0.717, 1.165) is 19.6 Å². The number of hydrogen-bond donors (Lipinski definition) is 1. The molecule has 1 heterocycles. The number of hydrogen-bond acceptors (Lipinski definition) is 3. The standard InChI is InChI=1S/C31H38N2O2/c1-22-11-9-10-14-27(22)24-15-17-26(18-16-24)28(25-12-7-6-8-13-25)32-19-20-33(23(2)21-32)29(30(34)35)31(3,4)5/h6-18,23,28-29H,19-21H2,1-5H3,(H,34,35)/t23-,28-,29?/m1/s1. The Bertz CT molecular complexity index is 1130. The maximum absolute atomic E-state index is 12.2. The molecular weight excluding hydrogens is 432 g/mol. The molecule has 1 saturated heterocycles. The van der Waals surface area contributed by atoms with Crippen LogP contribution >= 0.6 is 0 Å².